The van der Waals surface area contributed by atoms with E-state index >= 15 is 0 Å². The Hall–Kier alpha value is -3.40. The van der Waals surface area contributed by atoms with Crippen molar-refractivity contribution in [2.45, 2.75) is 13.0 Å². The number of primary amides is 1. The molecular formula is C19H18N4O5S. The first kappa shape index (κ1) is 18.9. The smallest absolute Gasteiger partial charge is 0.348 e. The second kappa shape index (κ2) is 7.21. The molecule has 1 unspecified atom stereocenters. The van der Waals surface area contributed by atoms with Crippen molar-refractivity contribution in [2.24, 2.45) is 12.8 Å². The van der Waals surface area contributed by atoms with Crippen LogP contribution in [0.15, 0.2) is 30.3 Å². The van der Waals surface area contributed by atoms with Crippen molar-refractivity contribution >= 4 is 45.0 Å². The molecule has 3 aromatic rings. The summed E-state index contributed by atoms with van der Waals surface area (Å²) in [5.74, 6) is -1.37. The van der Waals surface area contributed by atoms with Crippen molar-refractivity contribution in [3.8, 4) is 5.75 Å². The van der Waals surface area contributed by atoms with Gasteiger partial charge in [-0.25, -0.2) is 4.79 Å². The van der Waals surface area contributed by atoms with E-state index in [1.54, 1.807) is 42.1 Å². The molecule has 1 aliphatic rings. The highest BCUT2D eigenvalue weighted by Gasteiger charge is 2.33. The van der Waals surface area contributed by atoms with Crippen LogP contribution in [0.2, 0.25) is 0 Å². The average Bonchev–Trinajstić information content (AvgIpc) is 3.26. The topological polar surface area (TPSA) is 117 Å². The number of rotatable bonds is 4. The number of benzene rings is 1. The zero-order valence-electron chi connectivity index (χ0n) is 15.7. The lowest BCUT2D eigenvalue weighted by molar-refractivity contribution is -0.126. The van der Waals surface area contributed by atoms with Crippen molar-refractivity contribution < 1.29 is 23.9 Å². The van der Waals surface area contributed by atoms with Crippen LogP contribution in [-0.2, 0) is 21.4 Å². The molecule has 0 spiro atoms. The maximum atomic E-state index is 12.7. The van der Waals surface area contributed by atoms with Gasteiger partial charge >= 0.3 is 5.97 Å². The van der Waals surface area contributed by atoms with Crippen LogP contribution < -0.4 is 15.4 Å². The summed E-state index contributed by atoms with van der Waals surface area (Å²) in [5.41, 5.74) is 6.65. The van der Waals surface area contributed by atoms with Gasteiger partial charge in [0.1, 0.15) is 15.5 Å². The minimum atomic E-state index is -0.970. The number of para-hydroxylation sites is 2. The van der Waals surface area contributed by atoms with Gasteiger partial charge in [0.15, 0.2) is 12.7 Å². The van der Waals surface area contributed by atoms with Crippen LogP contribution in [0.5, 0.6) is 5.75 Å². The molecule has 150 valence electrons. The molecular weight excluding hydrogens is 396 g/mol. The van der Waals surface area contributed by atoms with Gasteiger partial charge in [0, 0.05) is 12.4 Å². The fourth-order valence-corrected chi connectivity index (χ4v) is 4.22. The summed E-state index contributed by atoms with van der Waals surface area (Å²) in [6.45, 7) is 1.35. The zero-order valence-corrected chi connectivity index (χ0v) is 16.6. The number of nitrogens with zero attached hydrogens (tertiary/aromatic N) is 3. The second-order valence-electron chi connectivity index (χ2n) is 6.60. The molecule has 0 radical (unpaired) electrons. The number of thiophene rings is 1. The van der Waals surface area contributed by atoms with Gasteiger partial charge in [-0.05, 0) is 25.1 Å². The highest BCUT2D eigenvalue weighted by Crippen LogP contribution is 2.33. The quantitative estimate of drug-likeness (QED) is 0.645. The Morgan fingerprint density at radius 1 is 1.34 bits per heavy atom. The molecule has 0 fully saturated rings. The number of carbonyl (C=O) groups excluding carboxylic acids is 3. The van der Waals surface area contributed by atoms with Crippen LogP contribution in [0.25, 0.3) is 10.2 Å². The predicted molar refractivity (Wildman–Crippen MR) is 106 cm³/mol. The lowest BCUT2D eigenvalue weighted by Gasteiger charge is -2.33. The molecule has 0 aliphatic carbocycles. The van der Waals surface area contributed by atoms with Crippen LogP contribution >= 0.6 is 11.3 Å². The van der Waals surface area contributed by atoms with E-state index in [2.05, 4.69) is 5.10 Å². The van der Waals surface area contributed by atoms with Gasteiger partial charge in [0.2, 0.25) is 0 Å². The number of aryl methyl sites for hydroxylation is 2. The Morgan fingerprint density at radius 3 is 2.83 bits per heavy atom. The first-order valence-corrected chi connectivity index (χ1v) is 9.62. The van der Waals surface area contributed by atoms with E-state index in [9.17, 15) is 14.4 Å². The summed E-state index contributed by atoms with van der Waals surface area (Å²) in [5, 5.41) is 5.17. The monoisotopic (exact) mass is 414 g/mol. The maximum absolute atomic E-state index is 12.7. The van der Waals surface area contributed by atoms with Gasteiger partial charge in [0.25, 0.3) is 11.8 Å². The van der Waals surface area contributed by atoms with Crippen LogP contribution in [0.1, 0.15) is 15.4 Å². The summed E-state index contributed by atoms with van der Waals surface area (Å²) < 4.78 is 12.5. The summed E-state index contributed by atoms with van der Waals surface area (Å²) in [6, 6.07) is 8.51. The second-order valence-corrected chi connectivity index (χ2v) is 7.63. The first-order chi connectivity index (χ1) is 13.8. The number of anilines is 1. The highest BCUT2D eigenvalue weighted by molar-refractivity contribution is 7.20. The Morgan fingerprint density at radius 2 is 2.10 bits per heavy atom. The van der Waals surface area contributed by atoms with E-state index in [0.29, 0.717) is 16.3 Å². The summed E-state index contributed by atoms with van der Waals surface area (Å²) in [6.07, 6.45) is -0.970. The standard InChI is InChI=1S/C19H18N4O5S/c1-10-11-7-15(29-18(11)22(2)21-10)19(26)27-9-16(24)23-8-14(17(20)25)28-13-6-4-3-5-12(13)23/h3-7,14H,8-9H2,1-2H3,(H2,20,25). The molecule has 29 heavy (non-hydrogen) atoms. The van der Waals surface area contributed by atoms with Gasteiger partial charge in [-0.15, -0.1) is 11.3 Å². The number of hydrogen-bond donors (Lipinski definition) is 1. The number of amides is 2. The number of esters is 1. The molecule has 1 aromatic carbocycles. The first-order valence-electron chi connectivity index (χ1n) is 8.80. The third kappa shape index (κ3) is 3.42. The number of ether oxygens (including phenoxy) is 2. The molecule has 0 saturated heterocycles. The molecule has 1 aliphatic heterocycles. The third-order valence-electron chi connectivity index (χ3n) is 4.62. The van der Waals surface area contributed by atoms with E-state index in [4.69, 9.17) is 15.2 Å². The molecule has 2 N–H and O–H groups in total. The largest absolute Gasteiger partial charge is 0.477 e. The number of aromatic nitrogens is 2. The normalized spacial score (nSPS) is 15.7. The molecule has 3 heterocycles. The summed E-state index contributed by atoms with van der Waals surface area (Å²) in [4.78, 5) is 39.3. The maximum Gasteiger partial charge on any atom is 0.348 e. The van der Waals surface area contributed by atoms with E-state index in [1.165, 1.54) is 16.2 Å². The fourth-order valence-electron chi connectivity index (χ4n) is 3.20. The van der Waals surface area contributed by atoms with Crippen molar-refractivity contribution in [1.82, 2.24) is 9.78 Å². The van der Waals surface area contributed by atoms with E-state index in [1.807, 2.05) is 6.92 Å². The predicted octanol–water partition coefficient (Wildman–Crippen LogP) is 1.38. The summed E-state index contributed by atoms with van der Waals surface area (Å²) in [7, 11) is 1.80. The van der Waals surface area contributed by atoms with Gasteiger partial charge in [0.05, 0.1) is 17.9 Å². The SMILES string of the molecule is Cc1nn(C)c2sc(C(=O)OCC(=O)N3CC(C(N)=O)Oc4ccccc43)cc12. The van der Waals surface area contributed by atoms with Crippen molar-refractivity contribution in [3.63, 3.8) is 0 Å². The molecule has 4 rings (SSSR count). The number of nitrogens with two attached hydrogens (primary N) is 1. The fraction of sp³-hybridized carbons (Fsp3) is 0.263. The zero-order chi connectivity index (χ0) is 20.7. The van der Waals surface area contributed by atoms with E-state index in [-0.39, 0.29) is 6.54 Å². The number of hydrogen-bond acceptors (Lipinski definition) is 7. The minimum absolute atomic E-state index is 0.0452. The van der Waals surface area contributed by atoms with Crippen LogP contribution in [0.3, 0.4) is 0 Å². The molecule has 2 amide bonds. The number of carbonyl (C=O) groups is 3. The van der Waals surface area contributed by atoms with Crippen molar-refractivity contribution in [3.05, 3.63) is 40.9 Å². The lowest BCUT2D eigenvalue weighted by atomic mass is 10.2. The lowest BCUT2D eigenvalue weighted by Crippen LogP contribution is -2.50. The average molecular weight is 414 g/mol. The molecule has 0 saturated carbocycles. The molecule has 1 atom stereocenters. The molecule has 0 bridgehead atoms. The minimum Gasteiger partial charge on any atom is -0.477 e. The molecule has 10 heteroatoms. The Labute approximate surface area is 169 Å². The molecule has 2 aromatic heterocycles. The molecule has 9 nitrogen and oxygen atoms in total. The van der Waals surface area contributed by atoms with Gasteiger partial charge in [-0.3, -0.25) is 14.3 Å². The van der Waals surface area contributed by atoms with Gasteiger partial charge < -0.3 is 20.1 Å². The highest BCUT2D eigenvalue weighted by atomic mass is 32.1. The van der Waals surface area contributed by atoms with Crippen molar-refractivity contribution in [1.29, 1.82) is 0 Å². The van der Waals surface area contributed by atoms with E-state index < -0.39 is 30.5 Å². The Kier molecular flexibility index (Phi) is 4.71. The Bertz CT molecular complexity index is 1100. The Balaban J connectivity index is 1.49. The van der Waals surface area contributed by atoms with Crippen molar-refractivity contribution in [2.75, 3.05) is 18.1 Å². The third-order valence-corrected chi connectivity index (χ3v) is 5.80. The van der Waals surface area contributed by atoms with Crippen LogP contribution in [0.4, 0.5) is 5.69 Å². The van der Waals surface area contributed by atoms with E-state index in [0.717, 1.165) is 15.9 Å². The van der Waals surface area contributed by atoms with Crippen LogP contribution in [-0.4, -0.2) is 46.8 Å². The van der Waals surface area contributed by atoms with Gasteiger partial charge in [-0.2, -0.15) is 5.10 Å². The van der Waals surface area contributed by atoms with Crippen LogP contribution in [0, 0.1) is 6.92 Å². The summed E-state index contributed by atoms with van der Waals surface area (Å²) >= 11 is 1.25. The van der Waals surface area contributed by atoms with Gasteiger partial charge in [-0.1, -0.05) is 12.1 Å². The number of fused-ring (bicyclic) bond motifs is 2.